The zero-order valence-electron chi connectivity index (χ0n) is 16.3. The number of likely N-dealkylation sites (N-methyl/N-ethyl adjacent to an activating group) is 1. The molecule has 0 unspecified atom stereocenters. The third kappa shape index (κ3) is 3.70. The Morgan fingerprint density at radius 1 is 1.35 bits per heavy atom. The first kappa shape index (κ1) is 20.2. The van der Waals surface area contributed by atoms with Gasteiger partial charge in [0.05, 0.1) is 13.0 Å². The SMILES string of the molecule is CC[C@@]1(C(=O)O)C[C@H](C(=O)NCC(C)C)[C@H](c2ccc(OC)cc2)N1C. The summed E-state index contributed by atoms with van der Waals surface area (Å²) in [4.78, 5) is 26.8. The molecule has 26 heavy (non-hydrogen) atoms. The molecule has 0 spiro atoms. The van der Waals surface area contributed by atoms with E-state index in [1.165, 1.54) is 0 Å². The number of hydrogen-bond acceptors (Lipinski definition) is 4. The van der Waals surface area contributed by atoms with Gasteiger partial charge in [0.2, 0.25) is 5.91 Å². The number of nitrogens with zero attached hydrogens (tertiary/aromatic N) is 1. The zero-order valence-corrected chi connectivity index (χ0v) is 16.3. The quantitative estimate of drug-likeness (QED) is 0.780. The summed E-state index contributed by atoms with van der Waals surface area (Å²) in [5.74, 6) is -0.297. The molecule has 1 aromatic rings. The van der Waals surface area contributed by atoms with Crippen molar-refractivity contribution in [3.05, 3.63) is 29.8 Å². The Balaban J connectivity index is 2.40. The van der Waals surface area contributed by atoms with E-state index in [9.17, 15) is 14.7 Å². The van der Waals surface area contributed by atoms with Gasteiger partial charge in [-0.05, 0) is 43.5 Å². The van der Waals surface area contributed by atoms with E-state index in [0.29, 0.717) is 25.3 Å². The monoisotopic (exact) mass is 362 g/mol. The number of nitrogens with one attached hydrogen (secondary N) is 1. The van der Waals surface area contributed by atoms with Crippen LogP contribution in [-0.4, -0.2) is 48.1 Å². The second-order valence-corrected chi connectivity index (χ2v) is 7.47. The Morgan fingerprint density at radius 2 is 1.96 bits per heavy atom. The molecule has 0 bridgehead atoms. The zero-order chi connectivity index (χ0) is 19.5. The summed E-state index contributed by atoms with van der Waals surface area (Å²) in [6.45, 7) is 6.52. The molecule has 1 heterocycles. The molecule has 1 saturated heterocycles. The number of carbonyl (C=O) groups is 2. The molecule has 6 nitrogen and oxygen atoms in total. The summed E-state index contributed by atoms with van der Waals surface area (Å²) >= 11 is 0. The molecule has 1 fully saturated rings. The average molecular weight is 362 g/mol. The molecule has 0 radical (unpaired) electrons. The fourth-order valence-corrected chi connectivity index (χ4v) is 3.87. The fraction of sp³-hybridized carbons (Fsp3) is 0.600. The van der Waals surface area contributed by atoms with Gasteiger partial charge < -0.3 is 15.2 Å². The van der Waals surface area contributed by atoms with Gasteiger partial charge in [-0.2, -0.15) is 0 Å². The average Bonchev–Trinajstić information content (AvgIpc) is 2.93. The van der Waals surface area contributed by atoms with Gasteiger partial charge in [0, 0.05) is 12.6 Å². The van der Waals surface area contributed by atoms with Crippen LogP contribution < -0.4 is 10.1 Å². The van der Waals surface area contributed by atoms with E-state index in [0.717, 1.165) is 11.3 Å². The van der Waals surface area contributed by atoms with Crippen LogP contribution in [0.1, 0.15) is 45.2 Å². The maximum absolute atomic E-state index is 12.9. The van der Waals surface area contributed by atoms with Crippen molar-refractivity contribution in [2.45, 2.75) is 45.2 Å². The molecular formula is C20H30N2O4. The van der Waals surface area contributed by atoms with E-state index >= 15 is 0 Å². The van der Waals surface area contributed by atoms with Crippen molar-refractivity contribution >= 4 is 11.9 Å². The van der Waals surface area contributed by atoms with Crippen LogP contribution in [0.4, 0.5) is 0 Å². The van der Waals surface area contributed by atoms with Gasteiger partial charge in [0.1, 0.15) is 11.3 Å². The minimum atomic E-state index is -1.04. The predicted octanol–water partition coefficient (Wildman–Crippen LogP) is 2.69. The molecule has 1 aromatic carbocycles. The van der Waals surface area contributed by atoms with Crippen molar-refractivity contribution < 1.29 is 19.4 Å². The first-order chi connectivity index (χ1) is 12.3. The second kappa shape index (κ2) is 8.08. The van der Waals surface area contributed by atoms with Gasteiger partial charge >= 0.3 is 5.97 Å². The number of hydrogen-bond donors (Lipinski definition) is 2. The number of carbonyl (C=O) groups excluding carboxylic acids is 1. The highest BCUT2D eigenvalue weighted by atomic mass is 16.5. The van der Waals surface area contributed by atoms with E-state index in [-0.39, 0.29) is 11.9 Å². The largest absolute Gasteiger partial charge is 0.497 e. The standard InChI is InChI=1S/C20H30N2O4/c1-6-20(19(24)25)11-16(18(23)21-12-13(2)3)17(22(20)4)14-7-9-15(26-5)10-8-14/h7-10,13,16-17H,6,11-12H2,1-5H3,(H,21,23)(H,24,25)/t16-,17-,20-/m0/s1. The van der Waals surface area contributed by atoms with Crippen molar-refractivity contribution in [1.29, 1.82) is 0 Å². The highest BCUT2D eigenvalue weighted by molar-refractivity contribution is 5.85. The van der Waals surface area contributed by atoms with Crippen LogP contribution in [0.15, 0.2) is 24.3 Å². The molecule has 1 aliphatic rings. The van der Waals surface area contributed by atoms with E-state index in [1.807, 2.05) is 57.0 Å². The molecule has 0 saturated carbocycles. The number of amides is 1. The lowest BCUT2D eigenvalue weighted by Crippen LogP contribution is -2.48. The number of carboxylic acid groups (broad SMARTS) is 1. The molecule has 1 aliphatic heterocycles. The maximum atomic E-state index is 12.9. The summed E-state index contributed by atoms with van der Waals surface area (Å²) in [6, 6.07) is 7.23. The van der Waals surface area contributed by atoms with Crippen molar-refractivity contribution in [2.75, 3.05) is 20.7 Å². The Morgan fingerprint density at radius 3 is 2.42 bits per heavy atom. The lowest BCUT2D eigenvalue weighted by molar-refractivity contribution is -0.150. The number of rotatable bonds is 7. The molecule has 6 heteroatoms. The fourth-order valence-electron chi connectivity index (χ4n) is 3.87. The molecule has 2 rings (SSSR count). The summed E-state index contributed by atoms with van der Waals surface area (Å²) in [7, 11) is 3.41. The highest BCUT2D eigenvalue weighted by Crippen LogP contribution is 2.47. The number of aliphatic carboxylic acids is 1. The molecule has 3 atom stereocenters. The van der Waals surface area contributed by atoms with Gasteiger partial charge in [-0.1, -0.05) is 32.9 Å². The number of methoxy groups -OCH3 is 1. The molecule has 0 aliphatic carbocycles. The molecule has 1 amide bonds. The second-order valence-electron chi connectivity index (χ2n) is 7.47. The Kier molecular flexibility index (Phi) is 6.29. The number of carboxylic acids is 1. The van der Waals surface area contributed by atoms with Gasteiger partial charge in [-0.3, -0.25) is 14.5 Å². The van der Waals surface area contributed by atoms with E-state index in [1.54, 1.807) is 7.11 Å². The first-order valence-electron chi connectivity index (χ1n) is 9.14. The van der Waals surface area contributed by atoms with Gasteiger partial charge in [-0.25, -0.2) is 0 Å². The maximum Gasteiger partial charge on any atom is 0.324 e. The normalized spacial score (nSPS) is 26.1. The summed E-state index contributed by atoms with van der Waals surface area (Å²) < 4.78 is 5.21. The third-order valence-corrected chi connectivity index (χ3v) is 5.49. The van der Waals surface area contributed by atoms with Crippen molar-refractivity contribution in [3.63, 3.8) is 0 Å². The van der Waals surface area contributed by atoms with Crippen LogP contribution in [0.25, 0.3) is 0 Å². The van der Waals surface area contributed by atoms with E-state index in [2.05, 4.69) is 5.32 Å². The Labute approximate surface area is 155 Å². The van der Waals surface area contributed by atoms with Gasteiger partial charge in [0.15, 0.2) is 0 Å². The predicted molar refractivity (Wildman–Crippen MR) is 100 cm³/mol. The molecular weight excluding hydrogens is 332 g/mol. The number of likely N-dealkylation sites (tertiary alicyclic amines) is 1. The number of benzene rings is 1. The Bertz CT molecular complexity index is 644. The van der Waals surface area contributed by atoms with Gasteiger partial charge in [-0.15, -0.1) is 0 Å². The van der Waals surface area contributed by atoms with Crippen LogP contribution >= 0.6 is 0 Å². The van der Waals surface area contributed by atoms with Crippen LogP contribution in [0.2, 0.25) is 0 Å². The van der Waals surface area contributed by atoms with Crippen LogP contribution in [0.5, 0.6) is 5.75 Å². The third-order valence-electron chi connectivity index (χ3n) is 5.49. The van der Waals surface area contributed by atoms with Crippen LogP contribution in [0.3, 0.4) is 0 Å². The van der Waals surface area contributed by atoms with Crippen molar-refractivity contribution in [1.82, 2.24) is 10.2 Å². The molecule has 144 valence electrons. The smallest absolute Gasteiger partial charge is 0.324 e. The summed E-state index contributed by atoms with van der Waals surface area (Å²) in [6.07, 6.45) is 0.745. The summed E-state index contributed by atoms with van der Waals surface area (Å²) in [5.41, 5.74) is -0.112. The van der Waals surface area contributed by atoms with Crippen LogP contribution in [0, 0.1) is 11.8 Å². The minimum absolute atomic E-state index is 0.0806. The minimum Gasteiger partial charge on any atom is -0.497 e. The van der Waals surface area contributed by atoms with E-state index in [4.69, 9.17) is 4.74 Å². The lowest BCUT2D eigenvalue weighted by atomic mass is 9.87. The topological polar surface area (TPSA) is 78.9 Å². The van der Waals surface area contributed by atoms with Crippen LogP contribution in [-0.2, 0) is 9.59 Å². The van der Waals surface area contributed by atoms with Crippen molar-refractivity contribution in [2.24, 2.45) is 11.8 Å². The summed E-state index contributed by atoms with van der Waals surface area (Å²) in [5, 5.41) is 12.9. The highest BCUT2D eigenvalue weighted by Gasteiger charge is 2.56. The molecule has 0 aromatic heterocycles. The lowest BCUT2D eigenvalue weighted by Gasteiger charge is -2.34. The van der Waals surface area contributed by atoms with E-state index < -0.39 is 17.4 Å². The van der Waals surface area contributed by atoms with Crippen molar-refractivity contribution in [3.8, 4) is 5.75 Å². The first-order valence-corrected chi connectivity index (χ1v) is 9.14. The number of ether oxygens (including phenoxy) is 1. The van der Waals surface area contributed by atoms with Gasteiger partial charge in [0.25, 0.3) is 0 Å². The molecule has 2 N–H and O–H groups in total. The Hall–Kier alpha value is -2.08.